The standard InChI is InChI=1S/C23H24N4O3S/c1-26(23(14-24)10-4-3-5-11-23)20(28)13-27-15-25-18-12-19(31-21(18)22(27)29)16-6-8-17(30-2)9-7-16/h6-9,12,15H,3-5,10-11,13H2,1-2H3. The molecule has 1 saturated carbocycles. The highest BCUT2D eigenvalue weighted by Gasteiger charge is 2.38. The van der Waals surface area contributed by atoms with Crippen molar-refractivity contribution in [3.05, 3.63) is 47.0 Å². The number of likely N-dealkylation sites (N-methyl/N-ethyl adjacent to an activating group) is 1. The average Bonchev–Trinajstić information content (AvgIpc) is 3.26. The van der Waals surface area contributed by atoms with E-state index in [1.54, 1.807) is 14.2 Å². The predicted octanol–water partition coefficient (Wildman–Crippen LogP) is 3.82. The molecule has 3 aromatic rings. The minimum absolute atomic E-state index is 0.128. The van der Waals surface area contributed by atoms with Gasteiger partial charge in [-0.15, -0.1) is 11.3 Å². The van der Waals surface area contributed by atoms with Crippen molar-refractivity contribution in [3.63, 3.8) is 0 Å². The van der Waals surface area contributed by atoms with E-state index in [4.69, 9.17) is 4.74 Å². The normalized spacial score (nSPS) is 15.4. The number of carbonyl (C=O) groups is 1. The van der Waals surface area contributed by atoms with Gasteiger partial charge in [0.05, 0.1) is 25.0 Å². The lowest BCUT2D eigenvalue weighted by molar-refractivity contribution is -0.135. The second-order valence-electron chi connectivity index (χ2n) is 7.89. The minimum atomic E-state index is -0.777. The summed E-state index contributed by atoms with van der Waals surface area (Å²) < 4.78 is 7.04. The van der Waals surface area contributed by atoms with Crippen molar-refractivity contribution < 1.29 is 9.53 Å². The molecular formula is C23H24N4O3S. The third kappa shape index (κ3) is 3.93. The van der Waals surface area contributed by atoms with Gasteiger partial charge in [0, 0.05) is 11.9 Å². The predicted molar refractivity (Wildman–Crippen MR) is 120 cm³/mol. The topological polar surface area (TPSA) is 88.2 Å². The lowest BCUT2D eigenvalue weighted by Crippen LogP contribution is -2.51. The van der Waals surface area contributed by atoms with Crippen LogP contribution in [0.1, 0.15) is 32.1 Å². The van der Waals surface area contributed by atoms with Gasteiger partial charge in [0.1, 0.15) is 22.5 Å². The molecule has 8 heteroatoms. The molecule has 0 saturated heterocycles. The van der Waals surface area contributed by atoms with Crippen LogP contribution < -0.4 is 10.3 Å². The first-order valence-electron chi connectivity index (χ1n) is 10.3. The first-order valence-corrected chi connectivity index (χ1v) is 11.1. The number of aromatic nitrogens is 2. The number of rotatable bonds is 5. The second kappa shape index (κ2) is 8.52. The van der Waals surface area contributed by atoms with E-state index in [0.717, 1.165) is 35.5 Å². The Labute approximate surface area is 184 Å². The van der Waals surface area contributed by atoms with Crippen LogP contribution in [0.5, 0.6) is 5.75 Å². The first-order chi connectivity index (χ1) is 15.0. The highest BCUT2D eigenvalue weighted by Crippen LogP contribution is 2.33. The van der Waals surface area contributed by atoms with Crippen LogP contribution in [0.25, 0.3) is 20.7 Å². The van der Waals surface area contributed by atoms with Crippen molar-refractivity contribution in [2.75, 3.05) is 14.2 Å². The maximum absolute atomic E-state index is 13.0. The van der Waals surface area contributed by atoms with Gasteiger partial charge >= 0.3 is 0 Å². The number of hydrogen-bond donors (Lipinski definition) is 0. The van der Waals surface area contributed by atoms with Gasteiger partial charge in [-0.05, 0) is 48.7 Å². The van der Waals surface area contributed by atoms with Gasteiger partial charge in [0.25, 0.3) is 5.56 Å². The van der Waals surface area contributed by atoms with E-state index >= 15 is 0 Å². The molecule has 7 nitrogen and oxygen atoms in total. The summed E-state index contributed by atoms with van der Waals surface area (Å²) in [7, 11) is 3.28. The Balaban J connectivity index is 1.60. The number of thiophene rings is 1. The smallest absolute Gasteiger partial charge is 0.271 e. The molecule has 1 aliphatic carbocycles. The SMILES string of the molecule is COc1ccc(-c2cc3ncn(CC(=O)N(C)C4(C#N)CCCCC4)c(=O)c3s2)cc1. The number of fused-ring (bicyclic) bond motifs is 1. The fraction of sp³-hybridized carbons (Fsp3) is 0.391. The van der Waals surface area contributed by atoms with Crippen LogP contribution in [0.15, 0.2) is 41.5 Å². The summed E-state index contributed by atoms with van der Waals surface area (Å²) in [5.74, 6) is 0.514. The van der Waals surface area contributed by atoms with Crippen molar-refractivity contribution in [1.29, 1.82) is 5.26 Å². The zero-order chi connectivity index (χ0) is 22.0. The van der Waals surface area contributed by atoms with Gasteiger partial charge in [-0.3, -0.25) is 14.2 Å². The molecule has 0 atom stereocenters. The zero-order valence-electron chi connectivity index (χ0n) is 17.6. The van der Waals surface area contributed by atoms with E-state index in [1.165, 1.54) is 27.1 Å². The molecule has 0 spiro atoms. The number of amides is 1. The number of methoxy groups -OCH3 is 1. The summed E-state index contributed by atoms with van der Waals surface area (Å²) in [6, 6.07) is 11.9. The number of carbonyl (C=O) groups excluding carboxylic acids is 1. The van der Waals surface area contributed by atoms with Gasteiger partial charge in [-0.25, -0.2) is 4.98 Å². The molecule has 0 radical (unpaired) electrons. The van der Waals surface area contributed by atoms with Crippen molar-refractivity contribution in [3.8, 4) is 22.3 Å². The highest BCUT2D eigenvalue weighted by atomic mass is 32.1. The number of nitrogens with zero attached hydrogens (tertiary/aromatic N) is 4. The van der Waals surface area contributed by atoms with E-state index in [1.807, 2.05) is 30.3 Å². The van der Waals surface area contributed by atoms with E-state index in [2.05, 4.69) is 11.1 Å². The van der Waals surface area contributed by atoms with Gasteiger partial charge < -0.3 is 9.64 Å². The first kappa shape index (κ1) is 21.1. The lowest BCUT2D eigenvalue weighted by atomic mass is 9.81. The average molecular weight is 437 g/mol. The van der Waals surface area contributed by atoms with E-state index < -0.39 is 5.54 Å². The molecule has 1 aliphatic rings. The maximum Gasteiger partial charge on any atom is 0.271 e. The molecule has 0 N–H and O–H groups in total. The second-order valence-corrected chi connectivity index (χ2v) is 8.94. The quantitative estimate of drug-likeness (QED) is 0.607. The van der Waals surface area contributed by atoms with E-state index in [0.29, 0.717) is 23.1 Å². The Morgan fingerprint density at radius 1 is 1.29 bits per heavy atom. The Morgan fingerprint density at radius 3 is 2.65 bits per heavy atom. The maximum atomic E-state index is 13.0. The largest absolute Gasteiger partial charge is 0.497 e. The Hall–Kier alpha value is -3.18. The molecule has 160 valence electrons. The summed E-state index contributed by atoms with van der Waals surface area (Å²) >= 11 is 1.36. The molecule has 1 fully saturated rings. The van der Waals surface area contributed by atoms with Crippen LogP contribution in [0.2, 0.25) is 0 Å². The molecular weight excluding hydrogens is 412 g/mol. The van der Waals surface area contributed by atoms with Crippen LogP contribution >= 0.6 is 11.3 Å². The Morgan fingerprint density at radius 2 is 2.00 bits per heavy atom. The van der Waals surface area contributed by atoms with Crippen LogP contribution in [-0.2, 0) is 11.3 Å². The zero-order valence-corrected chi connectivity index (χ0v) is 18.4. The van der Waals surface area contributed by atoms with Gasteiger partial charge in [-0.1, -0.05) is 19.3 Å². The fourth-order valence-electron chi connectivity index (χ4n) is 4.10. The Bertz CT molecular complexity index is 1200. The summed E-state index contributed by atoms with van der Waals surface area (Å²) in [4.78, 5) is 32.8. The van der Waals surface area contributed by atoms with Crippen molar-refractivity contribution in [2.45, 2.75) is 44.2 Å². The monoisotopic (exact) mass is 436 g/mol. The van der Waals surface area contributed by atoms with Gasteiger partial charge in [0.15, 0.2) is 0 Å². The molecule has 0 aliphatic heterocycles. The van der Waals surface area contributed by atoms with Crippen molar-refractivity contribution >= 4 is 27.5 Å². The number of ether oxygens (including phenoxy) is 1. The fourth-order valence-corrected chi connectivity index (χ4v) is 5.17. The lowest BCUT2D eigenvalue weighted by Gasteiger charge is -2.39. The van der Waals surface area contributed by atoms with Crippen LogP contribution in [0.3, 0.4) is 0 Å². The van der Waals surface area contributed by atoms with Crippen LogP contribution in [0, 0.1) is 11.3 Å². The van der Waals surface area contributed by atoms with Gasteiger partial charge in [-0.2, -0.15) is 5.26 Å². The minimum Gasteiger partial charge on any atom is -0.497 e. The number of benzene rings is 1. The van der Waals surface area contributed by atoms with E-state index in [-0.39, 0.29) is 18.0 Å². The molecule has 2 heterocycles. The summed E-state index contributed by atoms with van der Waals surface area (Å²) in [6.45, 7) is -0.128. The van der Waals surface area contributed by atoms with Crippen LogP contribution in [-0.4, -0.2) is 40.1 Å². The number of nitriles is 1. The van der Waals surface area contributed by atoms with Gasteiger partial charge in [0.2, 0.25) is 5.91 Å². The Kier molecular flexibility index (Phi) is 5.79. The highest BCUT2D eigenvalue weighted by molar-refractivity contribution is 7.22. The van der Waals surface area contributed by atoms with Crippen molar-refractivity contribution in [1.82, 2.24) is 14.5 Å². The molecule has 0 unspecified atom stereocenters. The molecule has 1 aromatic carbocycles. The third-order valence-electron chi connectivity index (χ3n) is 6.09. The third-order valence-corrected chi connectivity index (χ3v) is 7.25. The summed E-state index contributed by atoms with van der Waals surface area (Å²) in [5.41, 5.74) is 0.560. The van der Waals surface area contributed by atoms with E-state index in [9.17, 15) is 14.9 Å². The molecule has 1 amide bonds. The molecule has 31 heavy (non-hydrogen) atoms. The molecule has 0 bridgehead atoms. The molecule has 4 rings (SSSR count). The summed E-state index contributed by atoms with van der Waals surface area (Å²) in [5, 5.41) is 9.74. The molecule has 2 aromatic heterocycles. The summed E-state index contributed by atoms with van der Waals surface area (Å²) in [6.07, 6.45) is 5.72. The van der Waals surface area contributed by atoms with Crippen molar-refractivity contribution in [2.24, 2.45) is 0 Å². The van der Waals surface area contributed by atoms with Crippen LogP contribution in [0.4, 0.5) is 0 Å². The number of hydrogen-bond acceptors (Lipinski definition) is 6.